The van der Waals surface area contributed by atoms with E-state index in [2.05, 4.69) is 14.7 Å². The molecule has 0 aliphatic rings. The van der Waals surface area contributed by atoms with Crippen molar-refractivity contribution < 1.29 is 4.79 Å². The van der Waals surface area contributed by atoms with E-state index < -0.39 is 0 Å². The number of nitrogens with zero attached hydrogens (tertiary/aromatic N) is 4. The monoisotopic (exact) mass is 278 g/mol. The van der Waals surface area contributed by atoms with Crippen LogP contribution >= 0.6 is 11.5 Å². The number of Topliss-reactive ketones (excluding diaryl/α,β-unsaturated/α-hetero) is 1. The van der Waals surface area contributed by atoms with Crippen molar-refractivity contribution in [1.29, 1.82) is 0 Å². The van der Waals surface area contributed by atoms with Crippen LogP contribution in [0, 0.1) is 0 Å². The molecule has 0 bridgehead atoms. The highest BCUT2D eigenvalue weighted by Gasteiger charge is 2.25. The van der Waals surface area contributed by atoms with E-state index >= 15 is 0 Å². The van der Waals surface area contributed by atoms with Crippen molar-refractivity contribution in [3.05, 3.63) is 28.5 Å². The summed E-state index contributed by atoms with van der Waals surface area (Å²) in [7, 11) is 1.87. The third-order valence-electron chi connectivity index (χ3n) is 2.85. The van der Waals surface area contributed by atoms with Gasteiger partial charge in [0, 0.05) is 25.1 Å². The zero-order chi connectivity index (χ0) is 14.0. The van der Waals surface area contributed by atoms with Gasteiger partial charge in [-0.3, -0.25) is 9.48 Å². The predicted octanol–water partition coefficient (Wildman–Crippen LogP) is 2.38. The van der Waals surface area contributed by atoms with Crippen LogP contribution in [0.25, 0.3) is 0 Å². The molecule has 0 fully saturated rings. The minimum atomic E-state index is -0.147. The summed E-state index contributed by atoms with van der Waals surface area (Å²) in [5.41, 5.74) is 1.73. The Labute approximate surface area is 116 Å². The summed E-state index contributed by atoms with van der Waals surface area (Å²) in [6, 6.07) is 0. The Morgan fingerprint density at radius 2 is 2.16 bits per heavy atom. The molecule has 0 aliphatic carbocycles. The normalized spacial score (nSPS) is 11.8. The fraction of sp³-hybridized carbons (Fsp3) is 0.538. The molecule has 0 aromatic carbocycles. The van der Waals surface area contributed by atoms with Crippen LogP contribution in [0.3, 0.4) is 0 Å². The van der Waals surface area contributed by atoms with Gasteiger partial charge in [-0.05, 0) is 23.5 Å². The maximum absolute atomic E-state index is 12.3. The van der Waals surface area contributed by atoms with Gasteiger partial charge in [0.25, 0.3) is 0 Å². The Hall–Kier alpha value is -1.56. The largest absolute Gasteiger partial charge is 0.293 e. The highest BCUT2D eigenvalue weighted by molar-refractivity contribution is 7.08. The standard InChI is InChI=1S/C13H18N4OS/c1-13(2,3)12-11(19-16-15-12)10(18)6-5-9-7-14-17(4)8-9/h7-8H,5-6H2,1-4H3. The van der Waals surface area contributed by atoms with Gasteiger partial charge in [0.2, 0.25) is 0 Å². The lowest BCUT2D eigenvalue weighted by atomic mass is 9.90. The minimum absolute atomic E-state index is 0.115. The summed E-state index contributed by atoms with van der Waals surface area (Å²) >= 11 is 1.19. The lowest BCUT2D eigenvalue weighted by Gasteiger charge is -2.15. The summed E-state index contributed by atoms with van der Waals surface area (Å²) in [6.45, 7) is 6.13. The second kappa shape index (κ2) is 5.21. The highest BCUT2D eigenvalue weighted by atomic mass is 32.1. The summed E-state index contributed by atoms with van der Waals surface area (Å²) in [5.74, 6) is 0.115. The molecule has 0 amide bonds. The summed E-state index contributed by atoms with van der Waals surface area (Å²) < 4.78 is 5.67. The molecule has 0 radical (unpaired) electrons. The van der Waals surface area contributed by atoms with Crippen LogP contribution in [-0.4, -0.2) is 25.2 Å². The van der Waals surface area contributed by atoms with Crippen LogP contribution in [0.4, 0.5) is 0 Å². The number of carbonyl (C=O) groups is 1. The van der Waals surface area contributed by atoms with E-state index in [9.17, 15) is 4.79 Å². The van der Waals surface area contributed by atoms with Gasteiger partial charge in [-0.1, -0.05) is 25.3 Å². The van der Waals surface area contributed by atoms with E-state index in [0.29, 0.717) is 17.7 Å². The first kappa shape index (κ1) is 13.9. The van der Waals surface area contributed by atoms with Crippen LogP contribution in [0.15, 0.2) is 12.4 Å². The average Bonchev–Trinajstić information content (AvgIpc) is 2.93. The van der Waals surface area contributed by atoms with Gasteiger partial charge < -0.3 is 0 Å². The topological polar surface area (TPSA) is 60.7 Å². The SMILES string of the molecule is Cn1cc(CCC(=O)c2snnc2C(C)(C)C)cn1. The van der Waals surface area contributed by atoms with Crippen molar-refractivity contribution in [2.45, 2.75) is 39.0 Å². The lowest BCUT2D eigenvalue weighted by Crippen LogP contribution is -2.16. The van der Waals surface area contributed by atoms with E-state index in [4.69, 9.17) is 0 Å². The second-order valence-electron chi connectivity index (χ2n) is 5.65. The predicted molar refractivity (Wildman–Crippen MR) is 74.5 cm³/mol. The number of aromatic nitrogens is 4. The number of hydrogen-bond donors (Lipinski definition) is 0. The molecular weight excluding hydrogens is 260 g/mol. The molecule has 0 saturated carbocycles. The molecule has 0 aliphatic heterocycles. The number of aryl methyl sites for hydroxylation is 2. The molecule has 0 N–H and O–H groups in total. The van der Waals surface area contributed by atoms with Crippen LogP contribution in [-0.2, 0) is 18.9 Å². The summed E-state index contributed by atoms with van der Waals surface area (Å²) in [6.07, 6.45) is 4.90. The fourth-order valence-corrected chi connectivity index (χ4v) is 2.68. The lowest BCUT2D eigenvalue weighted by molar-refractivity contribution is 0.0984. The van der Waals surface area contributed by atoms with Crippen LogP contribution < -0.4 is 0 Å². The van der Waals surface area contributed by atoms with Crippen LogP contribution in [0.2, 0.25) is 0 Å². The van der Waals surface area contributed by atoms with Gasteiger partial charge in [0.05, 0.1) is 11.9 Å². The van der Waals surface area contributed by atoms with Gasteiger partial charge >= 0.3 is 0 Å². The number of hydrogen-bond acceptors (Lipinski definition) is 5. The summed E-state index contributed by atoms with van der Waals surface area (Å²) in [5, 5.41) is 8.20. The molecule has 0 atom stereocenters. The molecule has 2 aromatic heterocycles. The highest BCUT2D eigenvalue weighted by Crippen LogP contribution is 2.26. The van der Waals surface area contributed by atoms with Gasteiger partial charge in [-0.2, -0.15) is 5.10 Å². The van der Waals surface area contributed by atoms with Crippen molar-refractivity contribution >= 4 is 17.3 Å². The first-order valence-corrected chi connectivity index (χ1v) is 6.99. The maximum Gasteiger partial charge on any atom is 0.176 e. The fourth-order valence-electron chi connectivity index (χ4n) is 1.84. The molecule has 0 unspecified atom stereocenters. The molecule has 0 saturated heterocycles. The molecule has 5 nitrogen and oxygen atoms in total. The van der Waals surface area contributed by atoms with Crippen molar-refractivity contribution in [3.63, 3.8) is 0 Å². The average molecular weight is 278 g/mol. The van der Waals surface area contributed by atoms with E-state index in [1.54, 1.807) is 10.9 Å². The number of carbonyl (C=O) groups excluding carboxylic acids is 1. The quantitative estimate of drug-likeness (QED) is 0.806. The molecule has 2 aromatic rings. The third-order valence-corrected chi connectivity index (χ3v) is 3.62. The first-order valence-electron chi connectivity index (χ1n) is 6.21. The van der Waals surface area contributed by atoms with Gasteiger partial charge in [-0.15, -0.1) is 5.10 Å². The van der Waals surface area contributed by atoms with E-state index in [0.717, 1.165) is 11.3 Å². The number of rotatable bonds is 4. The van der Waals surface area contributed by atoms with E-state index in [1.807, 2.05) is 34.0 Å². The Bertz CT molecular complexity index is 579. The van der Waals surface area contributed by atoms with Crippen molar-refractivity contribution in [3.8, 4) is 0 Å². The zero-order valence-corrected chi connectivity index (χ0v) is 12.5. The molecule has 6 heteroatoms. The van der Waals surface area contributed by atoms with Crippen molar-refractivity contribution in [1.82, 2.24) is 19.4 Å². The molecule has 2 rings (SSSR count). The Kier molecular flexibility index (Phi) is 3.80. The van der Waals surface area contributed by atoms with E-state index in [1.165, 1.54) is 11.5 Å². The smallest absolute Gasteiger partial charge is 0.176 e. The summed E-state index contributed by atoms with van der Waals surface area (Å²) in [4.78, 5) is 12.9. The Morgan fingerprint density at radius 1 is 1.42 bits per heavy atom. The molecule has 0 spiro atoms. The number of ketones is 1. The van der Waals surface area contributed by atoms with Crippen LogP contribution in [0.5, 0.6) is 0 Å². The van der Waals surface area contributed by atoms with Gasteiger partial charge in [-0.25, -0.2) is 0 Å². The van der Waals surface area contributed by atoms with Crippen LogP contribution in [0.1, 0.15) is 48.1 Å². The molecule has 2 heterocycles. The van der Waals surface area contributed by atoms with Crippen molar-refractivity contribution in [2.75, 3.05) is 0 Å². The first-order chi connectivity index (χ1) is 8.88. The second-order valence-corrected chi connectivity index (χ2v) is 6.40. The van der Waals surface area contributed by atoms with Gasteiger partial charge in [0.1, 0.15) is 4.88 Å². The Balaban J connectivity index is 2.07. The molecule has 102 valence electrons. The molecular formula is C13H18N4OS. The van der Waals surface area contributed by atoms with Crippen molar-refractivity contribution in [2.24, 2.45) is 7.05 Å². The van der Waals surface area contributed by atoms with Gasteiger partial charge in [0.15, 0.2) is 5.78 Å². The minimum Gasteiger partial charge on any atom is -0.293 e. The maximum atomic E-state index is 12.3. The van der Waals surface area contributed by atoms with E-state index in [-0.39, 0.29) is 11.2 Å². The zero-order valence-electron chi connectivity index (χ0n) is 11.7. The Morgan fingerprint density at radius 3 is 2.74 bits per heavy atom. The third kappa shape index (κ3) is 3.26. The molecule has 19 heavy (non-hydrogen) atoms.